The van der Waals surface area contributed by atoms with Crippen LogP contribution >= 0.6 is 11.5 Å². The summed E-state index contributed by atoms with van der Waals surface area (Å²) >= 11 is 1.17. The zero-order valence-corrected chi connectivity index (χ0v) is 13.1. The maximum atomic E-state index is 12.5. The average molecular weight is 329 g/mol. The molecule has 3 heterocycles. The first kappa shape index (κ1) is 15.2. The molecule has 118 valence electrons. The van der Waals surface area contributed by atoms with E-state index < -0.39 is 0 Å². The van der Waals surface area contributed by atoms with E-state index in [0.717, 1.165) is 12.8 Å². The topological polar surface area (TPSA) is 105 Å². The van der Waals surface area contributed by atoms with Crippen molar-refractivity contribution in [3.63, 3.8) is 0 Å². The van der Waals surface area contributed by atoms with Crippen LogP contribution in [0.4, 0.5) is 5.69 Å². The van der Waals surface area contributed by atoms with E-state index in [4.69, 9.17) is 15.7 Å². The summed E-state index contributed by atoms with van der Waals surface area (Å²) in [5, 5.41) is 10.6. The number of piperidine rings is 1. The molecule has 8 heteroatoms. The maximum absolute atomic E-state index is 12.5. The molecular weight excluding hydrogens is 314 g/mol. The predicted molar refractivity (Wildman–Crippen MR) is 85.0 cm³/mol. The van der Waals surface area contributed by atoms with Gasteiger partial charge in [-0.05, 0) is 30.4 Å². The number of hydrogen-bond donors (Lipinski definition) is 1. The van der Waals surface area contributed by atoms with Gasteiger partial charge in [0, 0.05) is 24.2 Å². The lowest BCUT2D eigenvalue weighted by atomic mass is 10.1. The maximum Gasteiger partial charge on any atom is 0.275 e. The Morgan fingerprint density at radius 1 is 1.57 bits per heavy atom. The summed E-state index contributed by atoms with van der Waals surface area (Å²) in [6.45, 7) is 1.11. The first-order valence-corrected chi connectivity index (χ1v) is 8.03. The molecule has 0 radical (unpaired) electrons. The molecule has 0 aromatic carbocycles. The minimum absolute atomic E-state index is 0.158. The van der Waals surface area contributed by atoms with Gasteiger partial charge in [-0.15, -0.1) is 0 Å². The molecule has 1 saturated heterocycles. The molecule has 2 N–H and O–H groups in total. The van der Waals surface area contributed by atoms with Crippen LogP contribution in [0.25, 0.3) is 0 Å². The average Bonchev–Trinajstić information content (AvgIpc) is 3.00. The second-order valence-corrected chi connectivity index (χ2v) is 5.88. The highest BCUT2D eigenvalue weighted by atomic mass is 32.1. The number of carbonyl (C=O) groups is 1. The van der Waals surface area contributed by atoms with Crippen LogP contribution in [0.3, 0.4) is 0 Å². The van der Waals surface area contributed by atoms with Crippen molar-refractivity contribution in [2.45, 2.75) is 18.9 Å². The quantitative estimate of drug-likeness (QED) is 0.918. The van der Waals surface area contributed by atoms with E-state index >= 15 is 0 Å². The molecule has 1 aliphatic rings. The van der Waals surface area contributed by atoms with Gasteiger partial charge < -0.3 is 15.4 Å². The Balaban J connectivity index is 1.67. The lowest BCUT2D eigenvalue weighted by Gasteiger charge is -2.32. The lowest BCUT2D eigenvalue weighted by molar-refractivity contribution is 0.0524. The van der Waals surface area contributed by atoms with Gasteiger partial charge in [-0.1, -0.05) is 0 Å². The number of carbonyl (C=O) groups excluding carboxylic acids is 1. The summed E-state index contributed by atoms with van der Waals surface area (Å²) in [5.41, 5.74) is 6.98. The van der Waals surface area contributed by atoms with Crippen molar-refractivity contribution in [3.8, 4) is 11.9 Å². The van der Waals surface area contributed by atoms with Crippen LogP contribution in [0.2, 0.25) is 0 Å². The van der Waals surface area contributed by atoms with Gasteiger partial charge in [0.25, 0.3) is 5.91 Å². The smallest absolute Gasteiger partial charge is 0.275 e. The molecule has 2 aromatic rings. The molecule has 1 fully saturated rings. The van der Waals surface area contributed by atoms with Crippen LogP contribution in [-0.2, 0) is 0 Å². The SMILES string of the molecule is N#Cc1ccnc(O[C@@H]2CCCN(C(=O)c3nscc3N)C2)c1. The van der Waals surface area contributed by atoms with E-state index in [1.165, 1.54) is 17.7 Å². The summed E-state index contributed by atoms with van der Waals surface area (Å²) in [5.74, 6) is 0.229. The highest BCUT2D eigenvalue weighted by molar-refractivity contribution is 7.04. The van der Waals surface area contributed by atoms with Crippen molar-refractivity contribution in [2.75, 3.05) is 18.8 Å². The number of hydrogen-bond acceptors (Lipinski definition) is 7. The van der Waals surface area contributed by atoms with Crippen molar-refractivity contribution >= 4 is 23.1 Å². The zero-order valence-electron chi connectivity index (χ0n) is 12.3. The highest BCUT2D eigenvalue weighted by Gasteiger charge is 2.28. The molecule has 0 unspecified atom stereocenters. The third kappa shape index (κ3) is 3.40. The molecule has 1 aliphatic heterocycles. The van der Waals surface area contributed by atoms with E-state index in [9.17, 15) is 4.79 Å². The van der Waals surface area contributed by atoms with Gasteiger partial charge in [-0.25, -0.2) is 4.98 Å². The van der Waals surface area contributed by atoms with Gasteiger partial charge in [0.15, 0.2) is 5.69 Å². The molecule has 7 nitrogen and oxygen atoms in total. The van der Waals surface area contributed by atoms with E-state index in [2.05, 4.69) is 15.4 Å². The van der Waals surface area contributed by atoms with Crippen molar-refractivity contribution in [1.82, 2.24) is 14.3 Å². The Morgan fingerprint density at radius 2 is 2.43 bits per heavy atom. The molecule has 0 aliphatic carbocycles. The Morgan fingerprint density at radius 3 is 3.17 bits per heavy atom. The number of nitriles is 1. The van der Waals surface area contributed by atoms with Gasteiger partial charge in [0.05, 0.1) is 23.9 Å². The lowest BCUT2D eigenvalue weighted by Crippen LogP contribution is -2.44. The summed E-state index contributed by atoms with van der Waals surface area (Å²) in [7, 11) is 0. The summed E-state index contributed by atoms with van der Waals surface area (Å²) in [4.78, 5) is 18.3. The minimum Gasteiger partial charge on any atom is -0.472 e. The largest absolute Gasteiger partial charge is 0.472 e. The van der Waals surface area contributed by atoms with Gasteiger partial charge in [-0.3, -0.25) is 4.79 Å². The molecule has 0 spiro atoms. The predicted octanol–water partition coefficient (Wildman–Crippen LogP) is 1.68. The number of pyridine rings is 1. The Hall–Kier alpha value is -2.66. The van der Waals surface area contributed by atoms with E-state index in [0.29, 0.717) is 35.9 Å². The monoisotopic (exact) mass is 329 g/mol. The normalized spacial score (nSPS) is 17.5. The van der Waals surface area contributed by atoms with Crippen LogP contribution in [0.5, 0.6) is 5.88 Å². The number of nitrogens with zero attached hydrogens (tertiary/aromatic N) is 4. The van der Waals surface area contributed by atoms with Gasteiger partial charge in [0.1, 0.15) is 6.10 Å². The number of nitrogen functional groups attached to an aromatic ring is 1. The minimum atomic E-state index is -0.171. The number of ether oxygens (including phenoxy) is 1. The summed E-state index contributed by atoms with van der Waals surface area (Å²) in [6, 6.07) is 5.27. The molecular formula is C15H15N5O2S. The number of aromatic nitrogens is 2. The molecule has 3 rings (SSSR count). The van der Waals surface area contributed by atoms with Gasteiger partial charge in [0.2, 0.25) is 5.88 Å². The first-order valence-electron chi connectivity index (χ1n) is 7.19. The van der Waals surface area contributed by atoms with E-state index in [1.807, 2.05) is 0 Å². The highest BCUT2D eigenvalue weighted by Crippen LogP contribution is 2.21. The van der Waals surface area contributed by atoms with Crippen LogP contribution in [-0.4, -0.2) is 39.4 Å². The molecule has 0 saturated carbocycles. The number of nitrogens with two attached hydrogens (primary N) is 1. The number of amides is 1. The van der Waals surface area contributed by atoms with Gasteiger partial charge >= 0.3 is 0 Å². The van der Waals surface area contributed by atoms with Crippen molar-refractivity contribution in [3.05, 3.63) is 35.0 Å². The fourth-order valence-electron chi connectivity index (χ4n) is 2.49. The Labute approximate surface area is 137 Å². The fourth-order valence-corrected chi connectivity index (χ4v) is 3.06. The number of anilines is 1. The van der Waals surface area contributed by atoms with Crippen LogP contribution in [0.15, 0.2) is 23.7 Å². The third-order valence-electron chi connectivity index (χ3n) is 3.62. The Bertz CT molecular complexity index is 754. The van der Waals surface area contributed by atoms with Crippen LogP contribution < -0.4 is 10.5 Å². The summed E-state index contributed by atoms with van der Waals surface area (Å²) in [6.07, 6.45) is 3.04. The van der Waals surface area contributed by atoms with Crippen LogP contribution in [0, 0.1) is 11.3 Å². The second kappa shape index (κ2) is 6.62. The number of likely N-dealkylation sites (tertiary alicyclic amines) is 1. The van der Waals surface area contributed by atoms with E-state index in [-0.39, 0.29) is 12.0 Å². The second-order valence-electron chi connectivity index (χ2n) is 5.25. The fraction of sp³-hybridized carbons (Fsp3) is 0.333. The molecule has 2 aromatic heterocycles. The molecule has 1 atom stereocenters. The van der Waals surface area contributed by atoms with Gasteiger partial charge in [-0.2, -0.15) is 9.64 Å². The molecule has 23 heavy (non-hydrogen) atoms. The van der Waals surface area contributed by atoms with Crippen molar-refractivity contribution < 1.29 is 9.53 Å². The van der Waals surface area contributed by atoms with Crippen LogP contribution in [0.1, 0.15) is 28.9 Å². The van der Waals surface area contributed by atoms with Crippen molar-refractivity contribution in [1.29, 1.82) is 5.26 Å². The summed E-state index contributed by atoms with van der Waals surface area (Å²) < 4.78 is 9.88. The first-order chi connectivity index (χ1) is 11.2. The Kier molecular flexibility index (Phi) is 4.39. The molecule has 0 bridgehead atoms. The standard InChI is InChI=1S/C15H15N5O2S/c16-7-10-3-4-18-13(6-10)22-11-2-1-5-20(8-11)15(21)14-12(17)9-23-19-14/h3-4,6,9,11H,1-2,5,8,17H2/t11-/m1/s1. The third-order valence-corrected chi connectivity index (χ3v) is 4.26. The molecule has 1 amide bonds. The number of rotatable bonds is 3. The van der Waals surface area contributed by atoms with Crippen molar-refractivity contribution in [2.24, 2.45) is 0 Å². The zero-order chi connectivity index (χ0) is 16.2. The van der Waals surface area contributed by atoms with E-state index in [1.54, 1.807) is 22.4 Å².